The number of rotatable bonds is 3. The summed E-state index contributed by atoms with van der Waals surface area (Å²) in [4.78, 5) is 6.17. The summed E-state index contributed by atoms with van der Waals surface area (Å²) < 4.78 is 1.78. The van der Waals surface area contributed by atoms with Crippen molar-refractivity contribution in [2.75, 3.05) is 18.6 Å². The largest absolute Gasteiger partial charge is 0.394 e. The fourth-order valence-electron chi connectivity index (χ4n) is 1.63. The third-order valence-electron chi connectivity index (χ3n) is 2.79. The Morgan fingerprint density at radius 3 is 2.94 bits per heavy atom. The average Bonchev–Trinajstić information content (AvgIpc) is 2.73. The van der Waals surface area contributed by atoms with Gasteiger partial charge in [0.25, 0.3) is 0 Å². The molecule has 1 N–H and O–H groups in total. The lowest BCUT2D eigenvalue weighted by Crippen LogP contribution is -2.33. The molecule has 0 aliphatic rings. The van der Waals surface area contributed by atoms with Gasteiger partial charge in [0, 0.05) is 7.05 Å². The molecule has 86 valence electrons. The number of nitrogens with zero attached hydrogens (tertiary/aromatic N) is 4. The number of hydrogen-bond acceptors (Lipinski definition) is 4. The van der Waals surface area contributed by atoms with E-state index in [1.807, 2.05) is 37.9 Å². The van der Waals surface area contributed by atoms with Gasteiger partial charge in [-0.05, 0) is 31.5 Å². The zero-order valence-corrected chi connectivity index (χ0v) is 9.75. The van der Waals surface area contributed by atoms with E-state index in [4.69, 9.17) is 0 Å². The molecule has 0 aliphatic heterocycles. The predicted octanol–water partition coefficient (Wildman–Crippen LogP) is 0.855. The fraction of sp³-hybridized carbons (Fsp3) is 0.455. The van der Waals surface area contributed by atoms with Crippen LogP contribution in [0.4, 0.5) is 5.82 Å². The van der Waals surface area contributed by atoms with Crippen molar-refractivity contribution in [2.24, 2.45) is 0 Å². The van der Waals surface area contributed by atoms with Crippen molar-refractivity contribution >= 4 is 11.5 Å². The molecule has 0 saturated heterocycles. The fourth-order valence-corrected chi connectivity index (χ4v) is 1.63. The number of aromatic nitrogens is 3. The van der Waals surface area contributed by atoms with Crippen LogP contribution in [-0.4, -0.2) is 39.4 Å². The summed E-state index contributed by atoms with van der Waals surface area (Å²) in [6.45, 7) is 4.10. The molecule has 0 radical (unpaired) electrons. The molecule has 0 aromatic carbocycles. The lowest BCUT2D eigenvalue weighted by molar-refractivity contribution is 0.269. The van der Waals surface area contributed by atoms with Gasteiger partial charge in [-0.25, -0.2) is 4.98 Å². The van der Waals surface area contributed by atoms with Gasteiger partial charge < -0.3 is 10.0 Å². The minimum Gasteiger partial charge on any atom is -0.394 e. The van der Waals surface area contributed by atoms with E-state index in [-0.39, 0.29) is 12.6 Å². The van der Waals surface area contributed by atoms with Crippen LogP contribution in [0.3, 0.4) is 0 Å². The third-order valence-corrected chi connectivity index (χ3v) is 2.79. The molecule has 16 heavy (non-hydrogen) atoms. The van der Waals surface area contributed by atoms with Gasteiger partial charge >= 0.3 is 0 Å². The Morgan fingerprint density at radius 1 is 1.50 bits per heavy atom. The van der Waals surface area contributed by atoms with Gasteiger partial charge in [0.1, 0.15) is 12.1 Å². The number of fused-ring (bicyclic) bond motifs is 1. The van der Waals surface area contributed by atoms with E-state index in [0.29, 0.717) is 0 Å². The Labute approximate surface area is 94.3 Å². The van der Waals surface area contributed by atoms with Gasteiger partial charge in [-0.3, -0.25) is 0 Å². The van der Waals surface area contributed by atoms with Gasteiger partial charge in [-0.2, -0.15) is 9.61 Å². The first-order valence-electron chi connectivity index (χ1n) is 5.27. The standard InChI is InChI=1S/C11H16N4O/c1-8-4-10-12-7-13-15(10)11(5-8)14(3)9(2)6-16/h4-5,7,9,16H,6H2,1-3H3. The second-order valence-corrected chi connectivity index (χ2v) is 4.06. The van der Waals surface area contributed by atoms with Gasteiger partial charge in [0.15, 0.2) is 5.65 Å². The molecule has 2 heterocycles. The lowest BCUT2D eigenvalue weighted by Gasteiger charge is -2.25. The van der Waals surface area contributed by atoms with Gasteiger partial charge in [0.2, 0.25) is 0 Å². The topological polar surface area (TPSA) is 53.7 Å². The molecule has 5 nitrogen and oxygen atoms in total. The molecule has 0 aliphatic carbocycles. The van der Waals surface area contributed by atoms with E-state index < -0.39 is 0 Å². The van der Waals surface area contributed by atoms with Crippen LogP contribution >= 0.6 is 0 Å². The first-order chi connectivity index (χ1) is 7.63. The minimum absolute atomic E-state index is 0.0502. The number of aryl methyl sites for hydroxylation is 1. The molecule has 2 aromatic heterocycles. The molecule has 2 rings (SSSR count). The van der Waals surface area contributed by atoms with Crippen molar-refractivity contribution in [3.63, 3.8) is 0 Å². The van der Waals surface area contributed by atoms with Crippen LogP contribution in [0.5, 0.6) is 0 Å². The van der Waals surface area contributed by atoms with Crippen LogP contribution in [0, 0.1) is 6.92 Å². The van der Waals surface area contributed by atoms with Crippen LogP contribution < -0.4 is 4.90 Å². The Morgan fingerprint density at radius 2 is 2.25 bits per heavy atom. The number of pyridine rings is 1. The Bertz CT molecular complexity index is 494. The minimum atomic E-state index is 0.0502. The second kappa shape index (κ2) is 4.09. The van der Waals surface area contributed by atoms with E-state index in [1.165, 1.54) is 6.33 Å². The van der Waals surface area contributed by atoms with Crippen molar-refractivity contribution in [2.45, 2.75) is 19.9 Å². The summed E-state index contributed by atoms with van der Waals surface area (Å²) in [5.74, 6) is 0.939. The van der Waals surface area contributed by atoms with Crippen molar-refractivity contribution in [1.29, 1.82) is 0 Å². The highest BCUT2D eigenvalue weighted by Crippen LogP contribution is 2.18. The number of likely N-dealkylation sites (N-methyl/N-ethyl adjacent to an activating group) is 1. The normalized spacial score (nSPS) is 13.0. The lowest BCUT2D eigenvalue weighted by atomic mass is 10.2. The van der Waals surface area contributed by atoms with Crippen LogP contribution in [-0.2, 0) is 0 Å². The van der Waals surface area contributed by atoms with E-state index in [9.17, 15) is 5.11 Å². The molecule has 0 saturated carbocycles. The van der Waals surface area contributed by atoms with Crippen molar-refractivity contribution in [3.05, 3.63) is 24.0 Å². The third kappa shape index (κ3) is 1.74. The molecule has 1 unspecified atom stereocenters. The molecule has 0 bridgehead atoms. The highest BCUT2D eigenvalue weighted by atomic mass is 16.3. The molecule has 2 aromatic rings. The predicted molar refractivity (Wildman–Crippen MR) is 62.7 cm³/mol. The quantitative estimate of drug-likeness (QED) is 0.833. The van der Waals surface area contributed by atoms with Crippen LogP contribution in [0.2, 0.25) is 0 Å². The van der Waals surface area contributed by atoms with E-state index in [2.05, 4.69) is 10.1 Å². The van der Waals surface area contributed by atoms with Gasteiger partial charge in [0.05, 0.1) is 12.6 Å². The van der Waals surface area contributed by atoms with E-state index in [0.717, 1.165) is 17.0 Å². The van der Waals surface area contributed by atoms with Crippen molar-refractivity contribution in [1.82, 2.24) is 14.6 Å². The SMILES string of the molecule is Cc1cc(N(C)C(C)CO)n2ncnc2c1. The summed E-state index contributed by atoms with van der Waals surface area (Å²) in [6.07, 6.45) is 1.54. The molecule has 0 spiro atoms. The molecule has 0 fully saturated rings. The summed E-state index contributed by atoms with van der Waals surface area (Å²) in [7, 11) is 1.94. The average molecular weight is 220 g/mol. The number of anilines is 1. The zero-order chi connectivity index (χ0) is 11.7. The summed E-state index contributed by atoms with van der Waals surface area (Å²) >= 11 is 0. The van der Waals surface area contributed by atoms with Gasteiger partial charge in [-0.15, -0.1) is 0 Å². The van der Waals surface area contributed by atoms with Crippen LogP contribution in [0.25, 0.3) is 5.65 Å². The zero-order valence-electron chi connectivity index (χ0n) is 9.75. The van der Waals surface area contributed by atoms with Crippen molar-refractivity contribution in [3.8, 4) is 0 Å². The highest BCUT2D eigenvalue weighted by Gasteiger charge is 2.13. The maximum atomic E-state index is 9.17. The first-order valence-corrected chi connectivity index (χ1v) is 5.27. The molecule has 0 amide bonds. The second-order valence-electron chi connectivity index (χ2n) is 4.06. The van der Waals surface area contributed by atoms with E-state index >= 15 is 0 Å². The summed E-state index contributed by atoms with van der Waals surface area (Å²) in [6, 6.07) is 4.07. The molecular formula is C11H16N4O. The van der Waals surface area contributed by atoms with Crippen LogP contribution in [0.15, 0.2) is 18.5 Å². The van der Waals surface area contributed by atoms with Crippen LogP contribution in [0.1, 0.15) is 12.5 Å². The monoisotopic (exact) mass is 220 g/mol. The maximum absolute atomic E-state index is 9.17. The van der Waals surface area contributed by atoms with Crippen molar-refractivity contribution < 1.29 is 5.11 Å². The van der Waals surface area contributed by atoms with E-state index in [1.54, 1.807) is 4.52 Å². The smallest absolute Gasteiger partial charge is 0.157 e. The Balaban J connectivity index is 2.53. The summed E-state index contributed by atoms with van der Waals surface area (Å²) in [5.41, 5.74) is 1.96. The molecule has 1 atom stereocenters. The Hall–Kier alpha value is -1.62. The first kappa shape index (κ1) is 10.9. The molecule has 5 heteroatoms. The highest BCUT2D eigenvalue weighted by molar-refractivity contribution is 5.52. The summed E-state index contributed by atoms with van der Waals surface area (Å²) in [5, 5.41) is 13.4. The Kier molecular flexibility index (Phi) is 2.78. The maximum Gasteiger partial charge on any atom is 0.157 e. The number of aliphatic hydroxyl groups is 1. The van der Waals surface area contributed by atoms with Gasteiger partial charge in [-0.1, -0.05) is 0 Å². The number of hydrogen-bond donors (Lipinski definition) is 1. The number of aliphatic hydroxyl groups excluding tert-OH is 1. The molecular weight excluding hydrogens is 204 g/mol.